The molecule has 0 aliphatic carbocycles. The molecule has 0 amide bonds. The molecule has 16 heavy (non-hydrogen) atoms. The molecule has 0 radical (unpaired) electrons. The molecule has 0 aliphatic rings. The maximum atomic E-state index is 9.77. The lowest BCUT2D eigenvalue weighted by Crippen LogP contribution is -2.24. The third-order valence-electron chi connectivity index (χ3n) is 2.62. The summed E-state index contributed by atoms with van der Waals surface area (Å²) >= 11 is 0. The van der Waals surface area contributed by atoms with E-state index in [1.807, 2.05) is 19.1 Å². The predicted octanol–water partition coefficient (Wildman–Crippen LogP) is 2.79. The van der Waals surface area contributed by atoms with Crippen molar-refractivity contribution in [2.45, 2.75) is 45.3 Å². The molecule has 0 spiro atoms. The molecule has 0 heterocycles. The van der Waals surface area contributed by atoms with E-state index in [1.165, 1.54) is 5.56 Å². The molecule has 0 saturated carbocycles. The van der Waals surface area contributed by atoms with Crippen LogP contribution in [0.4, 0.5) is 0 Å². The van der Waals surface area contributed by atoms with Crippen molar-refractivity contribution in [2.75, 3.05) is 0 Å². The van der Waals surface area contributed by atoms with E-state index in [2.05, 4.69) is 32.9 Å². The van der Waals surface area contributed by atoms with Gasteiger partial charge in [-0.2, -0.15) is 0 Å². The van der Waals surface area contributed by atoms with Crippen LogP contribution in [0.1, 0.15) is 44.9 Å². The fourth-order valence-electron chi connectivity index (χ4n) is 1.48. The minimum atomic E-state index is -0.570. The first kappa shape index (κ1) is 15.4. The molecule has 2 nitrogen and oxygen atoms in total. The maximum Gasteiger partial charge on any atom is 0.0938 e. The summed E-state index contributed by atoms with van der Waals surface area (Å²) in [5.41, 5.74) is 7.95. The Bertz CT molecular complexity index is 314. The third kappa shape index (κ3) is 3.78. The lowest BCUT2D eigenvalue weighted by molar-refractivity contribution is 0.153. The summed E-state index contributed by atoms with van der Waals surface area (Å²) in [7, 11) is 0. The molecule has 1 aromatic rings. The normalized spacial score (nSPS) is 15.1. The number of hydrogen-bond donors (Lipinski definition) is 2. The van der Waals surface area contributed by atoms with Gasteiger partial charge in [-0.25, -0.2) is 0 Å². The topological polar surface area (TPSA) is 46.2 Å². The predicted molar refractivity (Wildman–Crippen MR) is 71.0 cm³/mol. The van der Waals surface area contributed by atoms with Gasteiger partial charge in [-0.1, -0.05) is 45.0 Å². The van der Waals surface area contributed by atoms with E-state index in [1.54, 1.807) is 0 Å². The number of benzene rings is 1. The van der Waals surface area contributed by atoms with E-state index >= 15 is 0 Å². The van der Waals surface area contributed by atoms with Crippen LogP contribution in [0.25, 0.3) is 0 Å². The first-order valence-electron chi connectivity index (χ1n) is 5.36. The number of halogens is 1. The Balaban J connectivity index is 0.00000225. The molecular weight excluding hydrogens is 222 g/mol. The molecule has 0 unspecified atom stereocenters. The largest absolute Gasteiger partial charge is 0.387 e. The number of nitrogens with two attached hydrogens (primary N) is 1. The highest BCUT2D eigenvalue weighted by Gasteiger charge is 2.15. The number of rotatable bonds is 2. The molecule has 92 valence electrons. The van der Waals surface area contributed by atoms with Crippen LogP contribution in [-0.2, 0) is 5.41 Å². The molecule has 2 atom stereocenters. The van der Waals surface area contributed by atoms with E-state index in [9.17, 15) is 5.11 Å². The van der Waals surface area contributed by atoms with Gasteiger partial charge in [-0.15, -0.1) is 12.4 Å². The summed E-state index contributed by atoms with van der Waals surface area (Å²) in [6.45, 7) is 8.32. The minimum absolute atomic E-state index is 0. The van der Waals surface area contributed by atoms with Crippen molar-refractivity contribution in [1.29, 1.82) is 0 Å². The summed E-state index contributed by atoms with van der Waals surface area (Å²) < 4.78 is 0. The number of aliphatic hydroxyl groups excluding tert-OH is 1. The SMILES string of the molecule is C[C@@H](N)[C@H](O)c1ccc(C(C)(C)C)cc1.Cl. The first-order valence-corrected chi connectivity index (χ1v) is 5.36. The van der Waals surface area contributed by atoms with Crippen molar-refractivity contribution < 1.29 is 5.11 Å². The molecule has 0 aliphatic heterocycles. The Labute approximate surface area is 104 Å². The van der Waals surface area contributed by atoms with Crippen LogP contribution < -0.4 is 5.73 Å². The molecular formula is C13H22ClNO. The van der Waals surface area contributed by atoms with Crippen LogP contribution in [0.3, 0.4) is 0 Å². The molecule has 1 rings (SSSR count). The van der Waals surface area contributed by atoms with Crippen LogP contribution in [0.15, 0.2) is 24.3 Å². The van der Waals surface area contributed by atoms with Crippen molar-refractivity contribution in [3.05, 3.63) is 35.4 Å². The van der Waals surface area contributed by atoms with Gasteiger partial charge < -0.3 is 10.8 Å². The van der Waals surface area contributed by atoms with Gasteiger partial charge in [0.1, 0.15) is 0 Å². The van der Waals surface area contributed by atoms with Crippen LogP contribution in [0.5, 0.6) is 0 Å². The van der Waals surface area contributed by atoms with Gasteiger partial charge in [0, 0.05) is 6.04 Å². The zero-order valence-electron chi connectivity index (χ0n) is 10.4. The van der Waals surface area contributed by atoms with Gasteiger partial charge in [0.05, 0.1) is 6.10 Å². The molecule has 3 N–H and O–H groups in total. The van der Waals surface area contributed by atoms with E-state index in [0.29, 0.717) is 0 Å². The Kier molecular flexibility index (Phi) is 5.47. The summed E-state index contributed by atoms with van der Waals surface area (Å²) in [6.07, 6.45) is -0.570. The molecule has 3 heteroatoms. The fourth-order valence-corrected chi connectivity index (χ4v) is 1.48. The van der Waals surface area contributed by atoms with Gasteiger partial charge in [0.25, 0.3) is 0 Å². The Morgan fingerprint density at radius 2 is 1.56 bits per heavy atom. The van der Waals surface area contributed by atoms with Crippen LogP contribution in [-0.4, -0.2) is 11.1 Å². The van der Waals surface area contributed by atoms with Gasteiger partial charge in [0.15, 0.2) is 0 Å². The summed E-state index contributed by atoms with van der Waals surface area (Å²) in [4.78, 5) is 0. The third-order valence-corrected chi connectivity index (χ3v) is 2.62. The number of hydrogen-bond acceptors (Lipinski definition) is 2. The average molecular weight is 244 g/mol. The van der Waals surface area contributed by atoms with Crippen molar-refractivity contribution >= 4 is 12.4 Å². The molecule has 0 saturated heterocycles. The monoisotopic (exact) mass is 243 g/mol. The second kappa shape index (κ2) is 5.67. The van der Waals surface area contributed by atoms with Gasteiger partial charge in [0.2, 0.25) is 0 Å². The smallest absolute Gasteiger partial charge is 0.0938 e. The zero-order chi connectivity index (χ0) is 11.6. The van der Waals surface area contributed by atoms with Crippen molar-refractivity contribution in [3.8, 4) is 0 Å². The highest BCUT2D eigenvalue weighted by atomic mass is 35.5. The molecule has 0 aromatic heterocycles. The summed E-state index contributed by atoms with van der Waals surface area (Å²) in [5, 5.41) is 9.77. The van der Waals surface area contributed by atoms with Gasteiger partial charge in [-0.3, -0.25) is 0 Å². The van der Waals surface area contributed by atoms with E-state index in [4.69, 9.17) is 5.73 Å². The lowest BCUT2D eigenvalue weighted by atomic mass is 9.86. The molecule has 0 fully saturated rings. The van der Waals surface area contributed by atoms with E-state index < -0.39 is 6.10 Å². The molecule has 1 aromatic carbocycles. The van der Waals surface area contributed by atoms with E-state index in [0.717, 1.165) is 5.56 Å². The fraction of sp³-hybridized carbons (Fsp3) is 0.538. The van der Waals surface area contributed by atoms with Crippen LogP contribution >= 0.6 is 12.4 Å². The van der Waals surface area contributed by atoms with Crippen molar-refractivity contribution in [3.63, 3.8) is 0 Å². The first-order chi connectivity index (χ1) is 6.82. The van der Waals surface area contributed by atoms with E-state index in [-0.39, 0.29) is 23.9 Å². The maximum absolute atomic E-state index is 9.77. The Morgan fingerprint density at radius 1 is 1.12 bits per heavy atom. The Morgan fingerprint density at radius 3 is 1.88 bits per heavy atom. The van der Waals surface area contributed by atoms with Crippen molar-refractivity contribution in [1.82, 2.24) is 0 Å². The van der Waals surface area contributed by atoms with Crippen molar-refractivity contribution in [2.24, 2.45) is 5.73 Å². The lowest BCUT2D eigenvalue weighted by Gasteiger charge is -2.21. The quantitative estimate of drug-likeness (QED) is 0.839. The zero-order valence-corrected chi connectivity index (χ0v) is 11.2. The minimum Gasteiger partial charge on any atom is -0.387 e. The summed E-state index contributed by atoms with van der Waals surface area (Å²) in [5.74, 6) is 0. The highest BCUT2D eigenvalue weighted by Crippen LogP contribution is 2.24. The standard InChI is InChI=1S/C13H21NO.ClH/c1-9(14)12(15)10-5-7-11(8-6-10)13(2,3)4;/h5-9,12,15H,14H2,1-4H3;1H/t9-,12+;/m1./s1. The van der Waals surface area contributed by atoms with Gasteiger partial charge >= 0.3 is 0 Å². The summed E-state index contributed by atoms with van der Waals surface area (Å²) in [6, 6.07) is 7.79. The van der Waals surface area contributed by atoms with Gasteiger partial charge in [-0.05, 0) is 23.5 Å². The molecule has 0 bridgehead atoms. The highest BCUT2D eigenvalue weighted by molar-refractivity contribution is 5.85. The van der Waals surface area contributed by atoms with Crippen LogP contribution in [0, 0.1) is 0 Å². The van der Waals surface area contributed by atoms with Crippen LogP contribution in [0.2, 0.25) is 0 Å². The second-order valence-corrected chi connectivity index (χ2v) is 5.18. The Hall–Kier alpha value is -0.570. The average Bonchev–Trinajstić information content (AvgIpc) is 2.15. The second-order valence-electron chi connectivity index (χ2n) is 5.18. The number of aliphatic hydroxyl groups is 1.